The van der Waals surface area contributed by atoms with Crippen molar-refractivity contribution in [1.82, 2.24) is 20.4 Å². The molecule has 28 heavy (non-hydrogen) atoms. The Hall–Kier alpha value is -0.860. The van der Waals surface area contributed by atoms with Crippen LogP contribution in [-0.2, 0) is 6.54 Å². The second-order valence-electron chi connectivity index (χ2n) is 8.39. The second kappa shape index (κ2) is 10.8. The lowest BCUT2D eigenvalue weighted by Crippen LogP contribution is -2.51. The van der Waals surface area contributed by atoms with E-state index in [1.807, 2.05) is 7.05 Å². The molecular weight excluding hydrogens is 461 g/mol. The van der Waals surface area contributed by atoms with Gasteiger partial charge in [0.2, 0.25) is 0 Å². The van der Waals surface area contributed by atoms with Crippen molar-refractivity contribution < 1.29 is 0 Å². The van der Waals surface area contributed by atoms with Gasteiger partial charge in [0.15, 0.2) is 5.96 Å². The monoisotopic (exact) mass is 497 g/mol. The standard InChI is InChI=1S/C22H35N5.HI/c1-23-22(25-19-11-14-26(15-12-19)20-9-10-20)24-16-21-8-5-13-27(21)17-18-6-3-2-4-7-18;/h2-4,6-7,19-21H,5,8-17H2,1H3,(H2,23,24,25);1H. The number of benzene rings is 1. The molecule has 6 heteroatoms. The number of nitrogens with zero attached hydrogens (tertiary/aromatic N) is 3. The smallest absolute Gasteiger partial charge is 0.191 e. The molecule has 0 radical (unpaired) electrons. The fraction of sp³-hybridized carbons (Fsp3) is 0.682. The van der Waals surface area contributed by atoms with E-state index in [4.69, 9.17) is 0 Å². The molecule has 4 rings (SSSR count). The summed E-state index contributed by atoms with van der Waals surface area (Å²) in [5, 5.41) is 7.27. The average Bonchev–Trinajstić information content (AvgIpc) is 3.47. The van der Waals surface area contributed by atoms with Gasteiger partial charge in [-0.15, -0.1) is 24.0 Å². The van der Waals surface area contributed by atoms with Gasteiger partial charge in [-0.3, -0.25) is 9.89 Å². The highest BCUT2D eigenvalue weighted by atomic mass is 127. The third-order valence-corrected chi connectivity index (χ3v) is 6.39. The zero-order chi connectivity index (χ0) is 18.5. The predicted octanol–water partition coefficient (Wildman–Crippen LogP) is 3.06. The molecule has 3 fully saturated rings. The lowest BCUT2D eigenvalue weighted by molar-refractivity contribution is 0.197. The molecule has 156 valence electrons. The number of hydrogen-bond acceptors (Lipinski definition) is 3. The highest BCUT2D eigenvalue weighted by Crippen LogP contribution is 2.29. The third kappa shape index (κ3) is 6.07. The van der Waals surface area contributed by atoms with Gasteiger partial charge in [0.25, 0.3) is 0 Å². The average molecular weight is 497 g/mol. The van der Waals surface area contributed by atoms with Gasteiger partial charge < -0.3 is 15.5 Å². The number of piperidine rings is 1. The second-order valence-corrected chi connectivity index (χ2v) is 8.39. The molecule has 1 atom stereocenters. The van der Waals surface area contributed by atoms with Crippen LogP contribution in [0, 0.1) is 0 Å². The number of guanidine groups is 1. The van der Waals surface area contributed by atoms with Crippen LogP contribution >= 0.6 is 24.0 Å². The lowest BCUT2D eigenvalue weighted by atomic mass is 10.1. The molecule has 0 bridgehead atoms. The lowest BCUT2D eigenvalue weighted by Gasteiger charge is -2.33. The first-order valence-electron chi connectivity index (χ1n) is 10.8. The topological polar surface area (TPSA) is 42.9 Å². The van der Waals surface area contributed by atoms with E-state index in [0.29, 0.717) is 12.1 Å². The van der Waals surface area contributed by atoms with Crippen LogP contribution in [0.5, 0.6) is 0 Å². The fourth-order valence-corrected chi connectivity index (χ4v) is 4.60. The Bertz CT molecular complexity index is 611. The van der Waals surface area contributed by atoms with Crippen molar-refractivity contribution in [3.8, 4) is 0 Å². The highest BCUT2D eigenvalue weighted by molar-refractivity contribution is 14.0. The van der Waals surface area contributed by atoms with Crippen molar-refractivity contribution in [2.75, 3.05) is 33.2 Å². The van der Waals surface area contributed by atoms with E-state index >= 15 is 0 Å². The minimum absolute atomic E-state index is 0. The Labute approximate surface area is 187 Å². The van der Waals surface area contributed by atoms with Crippen molar-refractivity contribution in [3.63, 3.8) is 0 Å². The van der Waals surface area contributed by atoms with Crippen LogP contribution in [0.3, 0.4) is 0 Å². The van der Waals surface area contributed by atoms with E-state index in [9.17, 15) is 0 Å². The number of aliphatic imine (C=N–C) groups is 1. The van der Waals surface area contributed by atoms with E-state index in [-0.39, 0.29) is 24.0 Å². The Kier molecular flexibility index (Phi) is 8.41. The summed E-state index contributed by atoms with van der Waals surface area (Å²) in [4.78, 5) is 9.77. The molecule has 1 aromatic carbocycles. The molecule has 0 aromatic heterocycles. The van der Waals surface area contributed by atoms with Crippen molar-refractivity contribution in [3.05, 3.63) is 35.9 Å². The molecule has 1 unspecified atom stereocenters. The first-order chi connectivity index (χ1) is 13.3. The van der Waals surface area contributed by atoms with E-state index in [1.54, 1.807) is 0 Å². The SMILES string of the molecule is CN=C(NCC1CCCN1Cc1ccccc1)NC1CCN(C2CC2)CC1.I. The Morgan fingerprint density at radius 2 is 1.79 bits per heavy atom. The quantitative estimate of drug-likeness (QED) is 0.360. The van der Waals surface area contributed by atoms with Gasteiger partial charge in [-0.25, -0.2) is 0 Å². The van der Waals surface area contributed by atoms with Crippen molar-refractivity contribution in [1.29, 1.82) is 0 Å². The minimum atomic E-state index is 0. The number of nitrogens with one attached hydrogen (secondary N) is 2. The van der Waals surface area contributed by atoms with Gasteiger partial charge in [0.05, 0.1) is 0 Å². The number of likely N-dealkylation sites (tertiary alicyclic amines) is 2. The van der Waals surface area contributed by atoms with Crippen LogP contribution in [0.1, 0.15) is 44.1 Å². The Balaban J connectivity index is 0.00000225. The first-order valence-corrected chi connectivity index (χ1v) is 10.8. The van der Waals surface area contributed by atoms with Gasteiger partial charge >= 0.3 is 0 Å². The van der Waals surface area contributed by atoms with Crippen molar-refractivity contribution >= 4 is 29.9 Å². The number of halogens is 1. The predicted molar refractivity (Wildman–Crippen MR) is 127 cm³/mol. The molecule has 5 nitrogen and oxygen atoms in total. The zero-order valence-electron chi connectivity index (χ0n) is 17.1. The highest BCUT2D eigenvalue weighted by Gasteiger charge is 2.32. The zero-order valence-corrected chi connectivity index (χ0v) is 19.5. The molecule has 2 heterocycles. The summed E-state index contributed by atoms with van der Waals surface area (Å²) in [7, 11) is 1.89. The van der Waals surface area contributed by atoms with E-state index < -0.39 is 0 Å². The van der Waals surface area contributed by atoms with E-state index in [0.717, 1.165) is 25.1 Å². The summed E-state index contributed by atoms with van der Waals surface area (Å²) < 4.78 is 0. The molecular formula is C22H36IN5. The van der Waals surface area contributed by atoms with E-state index in [2.05, 4.69) is 55.8 Å². The van der Waals surface area contributed by atoms with Crippen LogP contribution in [0.25, 0.3) is 0 Å². The van der Waals surface area contributed by atoms with Crippen LogP contribution < -0.4 is 10.6 Å². The largest absolute Gasteiger partial charge is 0.355 e. The number of rotatable bonds is 6. The van der Waals surface area contributed by atoms with Crippen molar-refractivity contribution in [2.24, 2.45) is 4.99 Å². The minimum Gasteiger partial charge on any atom is -0.355 e. The third-order valence-electron chi connectivity index (χ3n) is 6.39. The van der Waals surface area contributed by atoms with Crippen molar-refractivity contribution in [2.45, 2.75) is 63.2 Å². The molecule has 0 amide bonds. The molecule has 2 aliphatic heterocycles. The van der Waals surface area contributed by atoms with Gasteiger partial charge in [-0.2, -0.15) is 0 Å². The molecule has 1 saturated carbocycles. The maximum atomic E-state index is 4.48. The summed E-state index contributed by atoms with van der Waals surface area (Å²) in [6, 6.07) is 12.9. The Morgan fingerprint density at radius 3 is 2.46 bits per heavy atom. The summed E-state index contributed by atoms with van der Waals surface area (Å²) in [6.45, 7) is 5.72. The summed E-state index contributed by atoms with van der Waals surface area (Å²) in [5.41, 5.74) is 1.41. The summed E-state index contributed by atoms with van der Waals surface area (Å²) in [6.07, 6.45) is 7.88. The van der Waals surface area contributed by atoms with Gasteiger partial charge in [0, 0.05) is 51.4 Å². The van der Waals surface area contributed by atoms with Crippen LogP contribution in [0.15, 0.2) is 35.3 Å². The molecule has 1 aromatic rings. The molecule has 2 saturated heterocycles. The molecule has 3 aliphatic rings. The van der Waals surface area contributed by atoms with Crippen LogP contribution in [-0.4, -0.2) is 67.1 Å². The summed E-state index contributed by atoms with van der Waals surface area (Å²) in [5.74, 6) is 0.978. The van der Waals surface area contributed by atoms with Gasteiger partial charge in [0.1, 0.15) is 0 Å². The number of hydrogen-bond donors (Lipinski definition) is 2. The first kappa shape index (κ1) is 21.8. The normalized spacial score (nSPS) is 24.8. The summed E-state index contributed by atoms with van der Waals surface area (Å²) >= 11 is 0. The van der Waals surface area contributed by atoms with Gasteiger partial charge in [-0.05, 0) is 50.6 Å². The van der Waals surface area contributed by atoms with Crippen LogP contribution in [0.2, 0.25) is 0 Å². The van der Waals surface area contributed by atoms with E-state index in [1.165, 1.54) is 63.7 Å². The van der Waals surface area contributed by atoms with Gasteiger partial charge in [-0.1, -0.05) is 30.3 Å². The van der Waals surface area contributed by atoms with Crippen LogP contribution in [0.4, 0.5) is 0 Å². The molecule has 1 aliphatic carbocycles. The fourth-order valence-electron chi connectivity index (χ4n) is 4.60. The maximum Gasteiger partial charge on any atom is 0.191 e. The Morgan fingerprint density at radius 1 is 1.04 bits per heavy atom. The molecule has 0 spiro atoms. The maximum absolute atomic E-state index is 4.48. The molecule has 2 N–H and O–H groups in total.